The van der Waals surface area contributed by atoms with E-state index in [1.165, 1.54) is 11.1 Å². The summed E-state index contributed by atoms with van der Waals surface area (Å²) in [5, 5.41) is 0. The Morgan fingerprint density at radius 1 is 0.545 bits per heavy atom. The molecular weight excluding hydrogens is 548 g/mol. The van der Waals surface area contributed by atoms with E-state index in [-0.39, 0.29) is 11.8 Å². The molecule has 0 aromatic heterocycles. The Morgan fingerprint density at radius 2 is 0.977 bits per heavy atom. The largest absolute Gasteiger partial charge is 0.451 e. The first-order valence-electron chi connectivity index (χ1n) is 15.0. The van der Waals surface area contributed by atoms with Crippen LogP contribution in [0.5, 0.6) is 0 Å². The zero-order valence-corrected chi connectivity index (χ0v) is 23.9. The van der Waals surface area contributed by atoms with Crippen molar-refractivity contribution in [3.63, 3.8) is 0 Å². The second kappa shape index (κ2) is 10.3. The second-order valence-corrected chi connectivity index (χ2v) is 11.8. The normalized spacial score (nSPS) is 27.7. The third kappa shape index (κ3) is 3.82. The average Bonchev–Trinajstić information content (AvgIpc) is 3.72. The maximum atomic E-state index is 13.9. The van der Waals surface area contributed by atoms with E-state index in [0.29, 0.717) is 11.1 Å². The predicted molar refractivity (Wildman–Crippen MR) is 165 cm³/mol. The van der Waals surface area contributed by atoms with Crippen molar-refractivity contribution in [1.82, 2.24) is 0 Å². The molecule has 0 amide bonds. The highest BCUT2D eigenvalue weighted by molar-refractivity contribution is 5.90. The van der Waals surface area contributed by atoms with Crippen LogP contribution in [0.3, 0.4) is 0 Å². The Bertz CT molecular complexity index is 1820. The highest BCUT2D eigenvalue weighted by Crippen LogP contribution is 2.73. The predicted octanol–water partition coefficient (Wildman–Crippen LogP) is 7.23. The van der Waals surface area contributed by atoms with Gasteiger partial charge in [-0.2, -0.15) is 0 Å². The van der Waals surface area contributed by atoms with Crippen LogP contribution in [-0.2, 0) is 31.8 Å². The van der Waals surface area contributed by atoms with Gasteiger partial charge in [0.05, 0.1) is 11.1 Å². The van der Waals surface area contributed by atoms with Crippen LogP contribution in [0.25, 0.3) is 0 Å². The summed E-state index contributed by atoms with van der Waals surface area (Å²) in [4.78, 5) is 27.8. The molecule has 216 valence electrons. The number of hydrogen-bond acceptors (Lipinski definition) is 5. The first kappa shape index (κ1) is 26.6. The van der Waals surface area contributed by atoms with Crippen LogP contribution in [0.2, 0.25) is 0 Å². The van der Waals surface area contributed by atoms with Gasteiger partial charge in [-0.3, -0.25) is 0 Å². The topological polar surface area (TPSA) is 61.8 Å². The third-order valence-corrected chi connectivity index (χ3v) is 9.64. The molecule has 3 aliphatic rings. The third-order valence-electron chi connectivity index (χ3n) is 9.64. The number of carbonyl (C=O) groups is 2. The van der Waals surface area contributed by atoms with E-state index in [9.17, 15) is 9.59 Å². The van der Waals surface area contributed by atoms with E-state index in [4.69, 9.17) is 14.2 Å². The monoisotopic (exact) mass is 578 g/mol. The summed E-state index contributed by atoms with van der Waals surface area (Å²) >= 11 is 0. The van der Waals surface area contributed by atoms with Gasteiger partial charge in [0.15, 0.2) is 12.2 Å². The first-order valence-corrected chi connectivity index (χ1v) is 15.0. The zero-order valence-electron chi connectivity index (χ0n) is 23.9. The summed E-state index contributed by atoms with van der Waals surface area (Å²) in [5.74, 6) is -1.21. The molecule has 2 bridgehead atoms. The Balaban J connectivity index is 1.38. The summed E-state index contributed by atoms with van der Waals surface area (Å²) in [6.45, 7) is 0. The van der Waals surface area contributed by atoms with Crippen LogP contribution in [0.1, 0.15) is 48.9 Å². The minimum absolute atomic E-state index is 0.0808. The quantitative estimate of drug-likeness (QED) is 0.199. The number of carbonyl (C=O) groups excluding carboxylic acids is 2. The molecule has 0 saturated carbocycles. The van der Waals surface area contributed by atoms with Crippen LogP contribution in [-0.4, -0.2) is 24.1 Å². The first-order chi connectivity index (χ1) is 21.6. The van der Waals surface area contributed by atoms with Crippen LogP contribution >= 0.6 is 0 Å². The molecule has 5 aromatic rings. The lowest BCUT2D eigenvalue weighted by molar-refractivity contribution is -0.105. The van der Waals surface area contributed by atoms with Gasteiger partial charge in [0.1, 0.15) is 11.2 Å². The molecule has 0 radical (unpaired) electrons. The lowest BCUT2D eigenvalue weighted by Gasteiger charge is -2.45. The molecule has 1 aliphatic carbocycles. The second-order valence-electron chi connectivity index (χ2n) is 11.8. The van der Waals surface area contributed by atoms with Crippen molar-refractivity contribution in [3.05, 3.63) is 179 Å². The van der Waals surface area contributed by atoms with Crippen molar-refractivity contribution in [2.24, 2.45) is 5.92 Å². The fraction of sp³-hybridized carbons (Fsp3) is 0.179. The molecule has 44 heavy (non-hydrogen) atoms. The molecule has 5 aromatic carbocycles. The minimum Gasteiger partial charge on any atom is -0.451 e. The van der Waals surface area contributed by atoms with E-state index < -0.39 is 35.3 Å². The fourth-order valence-corrected chi connectivity index (χ4v) is 7.95. The van der Waals surface area contributed by atoms with Gasteiger partial charge < -0.3 is 14.2 Å². The van der Waals surface area contributed by atoms with E-state index in [1.807, 2.05) is 97.1 Å². The molecule has 0 spiro atoms. The van der Waals surface area contributed by atoms with Crippen LogP contribution in [0.4, 0.5) is 0 Å². The maximum absolute atomic E-state index is 13.9. The SMILES string of the molecule is O=C(OC1C(OC(=O)c2ccccc2)C2(c3ccccc3)OC1(c1ccccc1)C1Cc3ccccc3C12)c1ccccc1. The number of fused-ring (bicyclic) bond motifs is 7. The molecule has 8 rings (SSSR count). The summed E-state index contributed by atoms with van der Waals surface area (Å²) in [7, 11) is 0. The van der Waals surface area contributed by atoms with Crippen LogP contribution < -0.4 is 0 Å². The van der Waals surface area contributed by atoms with Gasteiger partial charge in [-0.15, -0.1) is 0 Å². The molecule has 2 heterocycles. The molecule has 2 fully saturated rings. The number of rotatable bonds is 6. The standard InChI is InChI=1S/C39H30O5/c40-36(26-15-5-1-6-16-26)42-34-35(43-37(41)27-17-7-2-8-18-27)39(30-22-11-4-12-23-30)33-31-24-14-13-19-28(31)25-32(33)38(34,44-39)29-20-9-3-10-21-29/h1-24,32-35H,25H2. The van der Waals surface area contributed by atoms with E-state index in [1.54, 1.807) is 24.3 Å². The Labute approximate surface area is 256 Å². The summed E-state index contributed by atoms with van der Waals surface area (Å²) < 4.78 is 20.6. The molecule has 5 nitrogen and oxygen atoms in total. The van der Waals surface area contributed by atoms with Crippen molar-refractivity contribution in [1.29, 1.82) is 0 Å². The summed E-state index contributed by atoms with van der Waals surface area (Å²) in [6, 6.07) is 46.3. The molecule has 6 atom stereocenters. The van der Waals surface area contributed by atoms with Crippen LogP contribution in [0.15, 0.2) is 146 Å². The Kier molecular flexibility index (Phi) is 6.24. The van der Waals surface area contributed by atoms with Gasteiger partial charge in [-0.25, -0.2) is 9.59 Å². The molecule has 6 unspecified atom stereocenters. The average molecular weight is 579 g/mol. The van der Waals surface area contributed by atoms with Crippen molar-refractivity contribution >= 4 is 11.9 Å². The maximum Gasteiger partial charge on any atom is 0.338 e. The van der Waals surface area contributed by atoms with Crippen molar-refractivity contribution < 1.29 is 23.8 Å². The lowest BCUT2D eigenvalue weighted by Crippen LogP contribution is -2.57. The fourth-order valence-electron chi connectivity index (χ4n) is 7.95. The van der Waals surface area contributed by atoms with Crippen LogP contribution in [0, 0.1) is 5.92 Å². The van der Waals surface area contributed by atoms with E-state index >= 15 is 0 Å². The van der Waals surface area contributed by atoms with Gasteiger partial charge >= 0.3 is 11.9 Å². The van der Waals surface area contributed by atoms with Gasteiger partial charge in [0.2, 0.25) is 0 Å². The van der Waals surface area contributed by atoms with Crippen molar-refractivity contribution in [2.45, 2.75) is 35.7 Å². The van der Waals surface area contributed by atoms with E-state index in [2.05, 4.69) is 24.3 Å². The smallest absolute Gasteiger partial charge is 0.338 e. The van der Waals surface area contributed by atoms with Gasteiger partial charge in [-0.05, 0) is 52.9 Å². The molecule has 5 heteroatoms. The van der Waals surface area contributed by atoms with Crippen molar-refractivity contribution in [3.8, 4) is 0 Å². The summed E-state index contributed by atoms with van der Waals surface area (Å²) in [6.07, 6.45) is -1.14. The zero-order chi connectivity index (χ0) is 29.7. The highest BCUT2D eigenvalue weighted by atomic mass is 16.7. The molecule has 2 saturated heterocycles. The van der Waals surface area contributed by atoms with Crippen molar-refractivity contribution in [2.75, 3.05) is 0 Å². The van der Waals surface area contributed by atoms with Gasteiger partial charge in [0.25, 0.3) is 0 Å². The molecule has 0 N–H and O–H groups in total. The Morgan fingerprint density at radius 3 is 1.52 bits per heavy atom. The number of esters is 2. The molecule has 2 aliphatic heterocycles. The Hall–Kier alpha value is -5.00. The molecular formula is C39H30O5. The number of benzene rings is 5. The van der Waals surface area contributed by atoms with E-state index in [0.717, 1.165) is 17.5 Å². The number of ether oxygens (including phenoxy) is 3. The highest BCUT2D eigenvalue weighted by Gasteiger charge is 2.81. The van der Waals surface area contributed by atoms with Gasteiger partial charge in [0, 0.05) is 11.8 Å². The lowest BCUT2D eigenvalue weighted by atomic mass is 9.60. The minimum atomic E-state index is -1.12. The summed E-state index contributed by atoms with van der Waals surface area (Å²) in [5.41, 5.74) is 2.81. The number of hydrogen-bond donors (Lipinski definition) is 0. The van der Waals surface area contributed by atoms with Gasteiger partial charge in [-0.1, -0.05) is 121 Å².